The molecule has 1 saturated heterocycles. The van der Waals surface area contributed by atoms with E-state index < -0.39 is 11.7 Å². The highest BCUT2D eigenvalue weighted by atomic mass is 16.6. The molecule has 0 aromatic heterocycles. The fourth-order valence-electron chi connectivity index (χ4n) is 4.58. The Morgan fingerprint density at radius 3 is 1.79 bits per heavy atom. The highest BCUT2D eigenvalue weighted by molar-refractivity contribution is 5.95. The highest BCUT2D eigenvalue weighted by Gasteiger charge is 2.25. The summed E-state index contributed by atoms with van der Waals surface area (Å²) in [5.41, 5.74) is 0.919. The fourth-order valence-corrected chi connectivity index (χ4v) is 4.58. The summed E-state index contributed by atoms with van der Waals surface area (Å²) in [6.45, 7) is 7.21. The van der Waals surface area contributed by atoms with Gasteiger partial charge in [0.25, 0.3) is 5.91 Å². The molecule has 0 atom stereocenters. The Morgan fingerprint density at radius 2 is 1.33 bits per heavy atom. The van der Waals surface area contributed by atoms with Crippen molar-refractivity contribution in [2.75, 3.05) is 19.6 Å². The second kappa shape index (κ2) is 13.6. The number of alkyl carbamates (subject to hydrolysis) is 1. The molecule has 0 saturated carbocycles. The van der Waals surface area contributed by atoms with Crippen molar-refractivity contribution in [1.29, 1.82) is 10.5 Å². The Morgan fingerprint density at radius 1 is 0.833 bits per heavy atom. The first-order valence-electron chi connectivity index (χ1n) is 13.9. The number of carbonyl (C=O) groups excluding carboxylic acids is 2. The molecule has 2 amide bonds. The molecule has 4 rings (SSSR count). The Kier molecular flexibility index (Phi) is 9.67. The van der Waals surface area contributed by atoms with Gasteiger partial charge in [-0.3, -0.25) is 4.79 Å². The summed E-state index contributed by atoms with van der Waals surface area (Å²) in [6, 6.07) is 22.6. The maximum absolute atomic E-state index is 13.6. The van der Waals surface area contributed by atoms with E-state index >= 15 is 0 Å². The van der Waals surface area contributed by atoms with Crippen molar-refractivity contribution >= 4 is 12.0 Å². The van der Waals surface area contributed by atoms with Crippen LogP contribution >= 0.6 is 0 Å². The normalized spacial score (nSPS) is 13.4. The SMILES string of the molecule is CC(C)(C)OC(=O)NCCC1CCN(C(=O)c2cc(Oc3ccc(C#N)cc3)cc(Oc3ccc(C#N)cc3)c2)CC1. The number of nitriles is 2. The zero-order valence-electron chi connectivity index (χ0n) is 24.1. The lowest BCUT2D eigenvalue weighted by atomic mass is 9.93. The molecule has 9 heteroatoms. The predicted molar refractivity (Wildman–Crippen MR) is 156 cm³/mol. The van der Waals surface area contributed by atoms with Crippen LogP contribution in [-0.2, 0) is 4.74 Å². The van der Waals surface area contributed by atoms with Gasteiger partial charge in [0.15, 0.2) is 0 Å². The second-order valence-corrected chi connectivity index (χ2v) is 11.1. The zero-order chi connectivity index (χ0) is 30.1. The van der Waals surface area contributed by atoms with Gasteiger partial charge >= 0.3 is 6.09 Å². The molecule has 0 bridgehead atoms. The van der Waals surface area contributed by atoms with Crippen LogP contribution in [0.4, 0.5) is 4.79 Å². The van der Waals surface area contributed by atoms with Crippen molar-refractivity contribution in [3.63, 3.8) is 0 Å². The third-order valence-electron chi connectivity index (χ3n) is 6.69. The van der Waals surface area contributed by atoms with E-state index in [1.165, 1.54) is 0 Å². The Bertz CT molecular complexity index is 1400. The minimum absolute atomic E-state index is 0.129. The minimum Gasteiger partial charge on any atom is -0.457 e. The molecule has 42 heavy (non-hydrogen) atoms. The van der Waals surface area contributed by atoms with E-state index in [0.717, 1.165) is 19.3 Å². The van der Waals surface area contributed by atoms with Crippen molar-refractivity contribution in [3.05, 3.63) is 83.4 Å². The molecule has 0 radical (unpaired) electrons. The van der Waals surface area contributed by atoms with Gasteiger partial charge in [0.2, 0.25) is 0 Å². The number of ether oxygens (including phenoxy) is 3. The van der Waals surface area contributed by atoms with Crippen LogP contribution in [0.15, 0.2) is 66.7 Å². The van der Waals surface area contributed by atoms with Crippen LogP contribution in [0.25, 0.3) is 0 Å². The summed E-state index contributed by atoms with van der Waals surface area (Å²) in [7, 11) is 0. The largest absolute Gasteiger partial charge is 0.457 e. The van der Waals surface area contributed by atoms with E-state index in [0.29, 0.717) is 65.2 Å². The van der Waals surface area contributed by atoms with Crippen molar-refractivity contribution in [1.82, 2.24) is 10.2 Å². The summed E-state index contributed by atoms with van der Waals surface area (Å²) in [4.78, 5) is 27.3. The van der Waals surface area contributed by atoms with Gasteiger partial charge in [-0.2, -0.15) is 10.5 Å². The highest BCUT2D eigenvalue weighted by Crippen LogP contribution is 2.32. The number of carbonyl (C=O) groups is 2. The van der Waals surface area contributed by atoms with Gasteiger partial charge < -0.3 is 24.4 Å². The maximum atomic E-state index is 13.6. The molecule has 216 valence electrons. The number of hydrogen-bond acceptors (Lipinski definition) is 7. The zero-order valence-corrected chi connectivity index (χ0v) is 24.1. The maximum Gasteiger partial charge on any atom is 0.407 e. The number of amides is 2. The number of nitrogens with zero attached hydrogens (tertiary/aromatic N) is 3. The van der Waals surface area contributed by atoms with Crippen molar-refractivity contribution in [2.45, 2.75) is 45.6 Å². The van der Waals surface area contributed by atoms with Crippen LogP contribution < -0.4 is 14.8 Å². The van der Waals surface area contributed by atoms with E-state index in [1.54, 1.807) is 66.7 Å². The number of piperidine rings is 1. The number of hydrogen-bond donors (Lipinski definition) is 1. The quantitative estimate of drug-likeness (QED) is 0.319. The molecular formula is C33H34N4O5. The average Bonchev–Trinajstić information content (AvgIpc) is 2.97. The van der Waals surface area contributed by atoms with Gasteiger partial charge in [0, 0.05) is 31.3 Å². The summed E-state index contributed by atoms with van der Waals surface area (Å²) in [6.07, 6.45) is 2.06. The summed E-state index contributed by atoms with van der Waals surface area (Å²) in [5.74, 6) is 2.13. The van der Waals surface area contributed by atoms with Crippen molar-refractivity contribution < 1.29 is 23.8 Å². The molecule has 1 fully saturated rings. The molecular weight excluding hydrogens is 532 g/mol. The fraction of sp³-hybridized carbons (Fsp3) is 0.333. The summed E-state index contributed by atoms with van der Waals surface area (Å²) >= 11 is 0. The third-order valence-corrected chi connectivity index (χ3v) is 6.69. The number of nitrogens with one attached hydrogen (secondary N) is 1. The lowest BCUT2D eigenvalue weighted by Crippen LogP contribution is -2.39. The number of benzene rings is 3. The Labute approximate surface area is 246 Å². The van der Waals surface area contributed by atoms with Crippen LogP contribution in [0.3, 0.4) is 0 Å². The topological polar surface area (TPSA) is 125 Å². The van der Waals surface area contributed by atoms with E-state index in [1.807, 2.05) is 25.7 Å². The number of likely N-dealkylation sites (tertiary alicyclic amines) is 1. The lowest BCUT2D eigenvalue weighted by Gasteiger charge is -2.32. The second-order valence-electron chi connectivity index (χ2n) is 11.1. The van der Waals surface area contributed by atoms with Gasteiger partial charge in [0.05, 0.1) is 23.3 Å². The first-order valence-corrected chi connectivity index (χ1v) is 13.9. The van der Waals surface area contributed by atoms with E-state index in [4.69, 9.17) is 24.7 Å². The first-order chi connectivity index (χ1) is 20.1. The van der Waals surface area contributed by atoms with Gasteiger partial charge in [-0.1, -0.05) is 0 Å². The molecule has 0 spiro atoms. The molecule has 0 aliphatic carbocycles. The average molecular weight is 567 g/mol. The standard InChI is InChI=1S/C33H34N4O5/c1-33(2,3)42-32(39)36-15-12-23-13-16-37(17-14-23)31(38)26-18-29(40-27-8-4-24(21-34)5-9-27)20-30(19-26)41-28-10-6-25(22-35)7-11-28/h4-11,18-20,23H,12-17H2,1-3H3,(H,36,39). The number of rotatable bonds is 8. The monoisotopic (exact) mass is 566 g/mol. The smallest absolute Gasteiger partial charge is 0.407 e. The molecule has 3 aromatic carbocycles. The predicted octanol–water partition coefficient (Wildman–Crippen LogP) is 6.78. The van der Waals surface area contributed by atoms with Gasteiger partial charge in [-0.05, 0) is 107 Å². The van der Waals surface area contributed by atoms with Gasteiger partial charge in [-0.25, -0.2) is 4.79 Å². The van der Waals surface area contributed by atoms with Crippen LogP contribution in [0, 0.1) is 28.6 Å². The lowest BCUT2D eigenvalue weighted by molar-refractivity contribution is 0.0522. The van der Waals surface area contributed by atoms with Gasteiger partial charge in [-0.15, -0.1) is 0 Å². The third kappa shape index (κ3) is 8.74. The molecule has 1 heterocycles. The van der Waals surface area contributed by atoms with Gasteiger partial charge in [0.1, 0.15) is 28.6 Å². The van der Waals surface area contributed by atoms with Crippen molar-refractivity contribution in [2.24, 2.45) is 5.92 Å². The van der Waals surface area contributed by atoms with E-state index in [9.17, 15) is 9.59 Å². The Hall–Kier alpha value is -5.02. The van der Waals surface area contributed by atoms with Crippen LogP contribution in [0.2, 0.25) is 0 Å². The van der Waals surface area contributed by atoms with E-state index in [-0.39, 0.29) is 5.91 Å². The molecule has 0 unspecified atom stereocenters. The van der Waals surface area contributed by atoms with Crippen molar-refractivity contribution in [3.8, 4) is 35.1 Å². The molecule has 1 aliphatic heterocycles. The summed E-state index contributed by atoms with van der Waals surface area (Å²) in [5, 5.41) is 21.0. The van der Waals surface area contributed by atoms with Crippen LogP contribution in [-0.4, -0.2) is 42.1 Å². The van der Waals surface area contributed by atoms with Crippen LogP contribution in [0.5, 0.6) is 23.0 Å². The first kappa shape index (κ1) is 30.0. The molecule has 1 aliphatic rings. The minimum atomic E-state index is -0.535. The molecule has 1 N–H and O–H groups in total. The molecule has 3 aromatic rings. The van der Waals surface area contributed by atoms with E-state index in [2.05, 4.69) is 17.5 Å². The molecule has 9 nitrogen and oxygen atoms in total. The van der Waals surface area contributed by atoms with Crippen LogP contribution in [0.1, 0.15) is 61.5 Å². The summed E-state index contributed by atoms with van der Waals surface area (Å²) < 4.78 is 17.4. The Balaban J connectivity index is 1.43.